The first kappa shape index (κ1) is 11.7. The Hall–Kier alpha value is -2.39. The number of benzene rings is 2. The lowest BCUT2D eigenvalue weighted by Crippen LogP contribution is -2.26. The molecule has 19 heavy (non-hydrogen) atoms. The van der Waals surface area contributed by atoms with Gasteiger partial charge in [0.15, 0.2) is 0 Å². The third-order valence-electron chi connectivity index (χ3n) is 3.19. The first-order valence-corrected chi connectivity index (χ1v) is 6.19. The average Bonchev–Trinajstić information content (AvgIpc) is 2.46. The monoisotopic (exact) mass is 249 g/mol. The quantitative estimate of drug-likeness (QED) is 0.560. The molecule has 0 atom stereocenters. The molecular weight excluding hydrogens is 234 g/mol. The molecule has 3 heteroatoms. The Morgan fingerprint density at radius 2 is 1.74 bits per heavy atom. The van der Waals surface area contributed by atoms with Gasteiger partial charge in [0.25, 0.3) is 0 Å². The Kier molecular flexibility index (Phi) is 2.89. The van der Waals surface area contributed by atoms with E-state index in [-0.39, 0.29) is 0 Å². The number of hydrazine groups is 1. The third kappa shape index (κ3) is 2.04. The van der Waals surface area contributed by atoms with Crippen molar-refractivity contribution in [1.82, 2.24) is 4.98 Å². The molecule has 0 unspecified atom stereocenters. The molecule has 1 aromatic heterocycles. The highest BCUT2D eigenvalue weighted by Crippen LogP contribution is 2.34. The van der Waals surface area contributed by atoms with Crippen molar-refractivity contribution in [2.24, 2.45) is 5.84 Å². The molecule has 2 aromatic carbocycles. The SMILES string of the molecule is CN(N)c1c(-c2ccccc2)ccc2cccnc12. The van der Waals surface area contributed by atoms with Crippen molar-refractivity contribution in [3.8, 4) is 11.1 Å². The Balaban J connectivity index is 2.34. The van der Waals surface area contributed by atoms with Gasteiger partial charge in [0.05, 0.1) is 11.2 Å². The Bertz CT molecular complexity index is 706. The summed E-state index contributed by atoms with van der Waals surface area (Å²) in [6.45, 7) is 0. The van der Waals surface area contributed by atoms with Crippen molar-refractivity contribution >= 4 is 16.6 Å². The second-order valence-corrected chi connectivity index (χ2v) is 4.51. The zero-order valence-corrected chi connectivity index (χ0v) is 10.7. The zero-order valence-electron chi connectivity index (χ0n) is 10.7. The molecule has 0 saturated heterocycles. The van der Waals surface area contributed by atoms with Crippen LogP contribution in [0.25, 0.3) is 22.0 Å². The molecule has 3 rings (SSSR count). The maximum Gasteiger partial charge on any atom is 0.0955 e. The number of pyridine rings is 1. The number of rotatable bonds is 2. The van der Waals surface area contributed by atoms with E-state index in [0.29, 0.717) is 0 Å². The molecule has 2 N–H and O–H groups in total. The van der Waals surface area contributed by atoms with Crippen molar-refractivity contribution in [3.63, 3.8) is 0 Å². The van der Waals surface area contributed by atoms with Gasteiger partial charge in [-0.25, -0.2) is 5.84 Å². The normalized spacial score (nSPS) is 10.6. The summed E-state index contributed by atoms with van der Waals surface area (Å²) in [4.78, 5) is 4.47. The number of fused-ring (bicyclic) bond motifs is 1. The van der Waals surface area contributed by atoms with E-state index >= 15 is 0 Å². The lowest BCUT2D eigenvalue weighted by molar-refractivity contribution is 1.02. The summed E-state index contributed by atoms with van der Waals surface area (Å²) in [7, 11) is 1.84. The van der Waals surface area contributed by atoms with Gasteiger partial charge in [-0.3, -0.25) is 4.98 Å². The molecule has 0 spiro atoms. The molecule has 0 aliphatic carbocycles. The summed E-state index contributed by atoms with van der Waals surface area (Å²) in [5.41, 5.74) is 4.11. The van der Waals surface area contributed by atoms with Crippen LogP contribution in [-0.4, -0.2) is 12.0 Å². The number of hydrogen-bond acceptors (Lipinski definition) is 3. The molecule has 3 nitrogen and oxygen atoms in total. The van der Waals surface area contributed by atoms with E-state index in [4.69, 9.17) is 5.84 Å². The summed E-state index contributed by atoms with van der Waals surface area (Å²) < 4.78 is 0. The van der Waals surface area contributed by atoms with E-state index in [2.05, 4.69) is 29.2 Å². The Morgan fingerprint density at radius 3 is 2.47 bits per heavy atom. The van der Waals surface area contributed by atoms with E-state index < -0.39 is 0 Å². The smallest absolute Gasteiger partial charge is 0.0955 e. The van der Waals surface area contributed by atoms with Crippen molar-refractivity contribution in [1.29, 1.82) is 0 Å². The standard InChI is InChI=1S/C16H15N3/c1-19(17)16-14(12-6-3-2-4-7-12)10-9-13-8-5-11-18-15(13)16/h2-11H,17H2,1H3. The Labute approximate surface area is 112 Å². The minimum absolute atomic E-state index is 0.925. The van der Waals surface area contributed by atoms with Crippen molar-refractivity contribution in [2.45, 2.75) is 0 Å². The van der Waals surface area contributed by atoms with Crippen molar-refractivity contribution in [2.75, 3.05) is 12.1 Å². The molecule has 0 saturated carbocycles. The van der Waals surface area contributed by atoms with E-state index in [9.17, 15) is 0 Å². The predicted octanol–water partition coefficient (Wildman–Crippen LogP) is 3.21. The van der Waals surface area contributed by atoms with Gasteiger partial charge >= 0.3 is 0 Å². The van der Waals surface area contributed by atoms with E-state index in [1.165, 1.54) is 0 Å². The fourth-order valence-electron chi connectivity index (χ4n) is 2.34. The second kappa shape index (κ2) is 4.71. The van der Waals surface area contributed by atoms with Crippen LogP contribution >= 0.6 is 0 Å². The maximum atomic E-state index is 6.01. The lowest BCUT2D eigenvalue weighted by atomic mass is 10.0. The largest absolute Gasteiger partial charge is 0.311 e. The number of nitrogens with two attached hydrogens (primary N) is 1. The molecule has 0 radical (unpaired) electrons. The molecular formula is C16H15N3. The van der Waals surface area contributed by atoms with Gasteiger partial charge in [0.2, 0.25) is 0 Å². The van der Waals surface area contributed by atoms with Gasteiger partial charge < -0.3 is 5.01 Å². The lowest BCUT2D eigenvalue weighted by Gasteiger charge is -2.19. The minimum atomic E-state index is 0.925. The highest BCUT2D eigenvalue weighted by molar-refractivity contribution is 5.99. The zero-order chi connectivity index (χ0) is 13.2. The van der Waals surface area contributed by atoms with Crippen molar-refractivity contribution < 1.29 is 0 Å². The number of anilines is 1. The number of nitrogens with zero attached hydrogens (tertiary/aromatic N) is 2. The summed E-state index contributed by atoms with van der Waals surface area (Å²) in [5.74, 6) is 6.01. The third-order valence-corrected chi connectivity index (χ3v) is 3.19. The van der Waals surface area contributed by atoms with Crippen LogP contribution in [0.2, 0.25) is 0 Å². The van der Waals surface area contributed by atoms with Gasteiger partial charge in [-0.2, -0.15) is 0 Å². The molecule has 3 aromatic rings. The fourth-order valence-corrected chi connectivity index (χ4v) is 2.34. The fraction of sp³-hybridized carbons (Fsp3) is 0.0625. The van der Waals surface area contributed by atoms with Crippen LogP contribution in [-0.2, 0) is 0 Å². The molecule has 0 amide bonds. The van der Waals surface area contributed by atoms with Crippen molar-refractivity contribution in [3.05, 3.63) is 60.8 Å². The summed E-state index contributed by atoms with van der Waals surface area (Å²) in [5, 5.41) is 2.73. The molecule has 94 valence electrons. The highest BCUT2D eigenvalue weighted by Gasteiger charge is 2.12. The number of aromatic nitrogens is 1. The number of hydrogen-bond donors (Lipinski definition) is 1. The van der Waals surface area contributed by atoms with E-state index in [1.807, 2.05) is 37.4 Å². The first-order chi connectivity index (χ1) is 9.27. The van der Waals surface area contributed by atoms with Crippen LogP contribution in [0.5, 0.6) is 0 Å². The van der Waals surface area contributed by atoms with Crippen LogP contribution < -0.4 is 10.9 Å². The topological polar surface area (TPSA) is 42.1 Å². The summed E-state index contributed by atoms with van der Waals surface area (Å²) in [6.07, 6.45) is 1.80. The maximum absolute atomic E-state index is 6.01. The molecule has 0 aliphatic heterocycles. The molecule has 0 bridgehead atoms. The van der Waals surface area contributed by atoms with Gasteiger partial charge in [-0.1, -0.05) is 48.5 Å². The van der Waals surface area contributed by atoms with Gasteiger partial charge in [-0.05, 0) is 11.6 Å². The second-order valence-electron chi connectivity index (χ2n) is 4.51. The van der Waals surface area contributed by atoms with Crippen LogP contribution in [0.1, 0.15) is 0 Å². The predicted molar refractivity (Wildman–Crippen MR) is 79.8 cm³/mol. The van der Waals surface area contributed by atoms with Crippen LogP contribution in [0.3, 0.4) is 0 Å². The highest BCUT2D eigenvalue weighted by atomic mass is 15.4. The van der Waals surface area contributed by atoms with Crippen LogP contribution in [0.4, 0.5) is 5.69 Å². The Morgan fingerprint density at radius 1 is 0.947 bits per heavy atom. The van der Waals surface area contributed by atoms with E-state index in [0.717, 1.165) is 27.7 Å². The summed E-state index contributed by atoms with van der Waals surface area (Å²) >= 11 is 0. The van der Waals surface area contributed by atoms with Crippen LogP contribution in [0.15, 0.2) is 60.8 Å². The first-order valence-electron chi connectivity index (χ1n) is 6.19. The summed E-state index contributed by atoms with van der Waals surface area (Å²) in [6, 6.07) is 18.4. The van der Waals surface area contributed by atoms with Gasteiger partial charge in [0.1, 0.15) is 0 Å². The van der Waals surface area contributed by atoms with E-state index in [1.54, 1.807) is 11.2 Å². The molecule has 0 fully saturated rings. The van der Waals surface area contributed by atoms with Gasteiger partial charge in [0, 0.05) is 24.2 Å². The molecule has 0 aliphatic rings. The molecule has 1 heterocycles. The van der Waals surface area contributed by atoms with Gasteiger partial charge in [-0.15, -0.1) is 0 Å². The minimum Gasteiger partial charge on any atom is -0.311 e. The van der Waals surface area contributed by atoms with Crippen LogP contribution in [0, 0.1) is 0 Å². The average molecular weight is 249 g/mol.